The summed E-state index contributed by atoms with van der Waals surface area (Å²) in [5, 5.41) is 6.15. The van der Waals surface area contributed by atoms with E-state index in [1.807, 2.05) is 0 Å². The molecule has 1 aliphatic carbocycles. The molecule has 34 heavy (non-hydrogen) atoms. The molecule has 1 aliphatic rings. The summed E-state index contributed by atoms with van der Waals surface area (Å²) in [4.78, 5) is 0. The number of benzene rings is 3. The van der Waals surface area contributed by atoms with Gasteiger partial charge < -0.3 is 24.8 Å². The van der Waals surface area contributed by atoms with E-state index in [1.54, 1.807) is 24.3 Å². The molecule has 0 saturated carbocycles. The minimum Gasteiger partial charge on any atom is -1.00 e. The molecule has 0 saturated heterocycles. The van der Waals surface area contributed by atoms with Crippen LogP contribution >= 0.6 is 11.6 Å². The van der Waals surface area contributed by atoms with Crippen molar-refractivity contribution in [1.29, 1.82) is 0 Å². The molecule has 0 fully saturated rings. The first-order valence-electron chi connectivity index (χ1n) is 10.7. The van der Waals surface area contributed by atoms with Crippen LogP contribution < -0.4 is 24.8 Å². The number of hydrogen-bond donors (Lipinski definition) is 0. The van der Waals surface area contributed by atoms with Crippen molar-refractivity contribution in [2.45, 2.75) is 27.7 Å². The van der Waals surface area contributed by atoms with Crippen molar-refractivity contribution in [3.8, 4) is 0 Å². The van der Waals surface area contributed by atoms with Gasteiger partial charge in [-0.3, -0.25) is 6.08 Å². The summed E-state index contributed by atoms with van der Waals surface area (Å²) in [7, 11) is 0. The quantitative estimate of drug-likeness (QED) is 0.278. The molecule has 0 aromatic heterocycles. The van der Waals surface area contributed by atoms with Crippen LogP contribution in [0.25, 0.3) is 21.5 Å². The fourth-order valence-corrected chi connectivity index (χ4v) is 3.45. The van der Waals surface area contributed by atoms with Gasteiger partial charge in [-0.05, 0) is 0 Å². The second-order valence-electron chi connectivity index (χ2n) is 8.51. The van der Waals surface area contributed by atoms with Gasteiger partial charge in [-0.1, -0.05) is 80.4 Å². The van der Waals surface area contributed by atoms with Crippen molar-refractivity contribution >= 4 is 37.4 Å². The van der Waals surface area contributed by atoms with Crippen LogP contribution in [0.5, 0.6) is 0 Å². The molecule has 178 valence electrons. The first-order valence-corrected chi connectivity index (χ1v) is 12.8. The van der Waals surface area contributed by atoms with Gasteiger partial charge in [0.25, 0.3) is 0 Å². The average molecular weight is 588 g/mol. The number of allylic oxidation sites excluding steroid dienone is 4. The van der Waals surface area contributed by atoms with E-state index < -0.39 is 0 Å². The zero-order chi connectivity index (χ0) is 23.6. The Labute approximate surface area is 237 Å². The van der Waals surface area contributed by atoms with Gasteiger partial charge >= 0.3 is 28.4 Å². The number of rotatable bonds is 0. The molecule has 0 N–H and O–H groups in total. The van der Waals surface area contributed by atoms with Crippen LogP contribution in [0.1, 0.15) is 27.7 Å². The molecule has 4 aromatic rings. The topological polar surface area (TPSA) is 0 Å². The van der Waals surface area contributed by atoms with Gasteiger partial charge in [0.15, 0.2) is 0 Å². The summed E-state index contributed by atoms with van der Waals surface area (Å²) in [5.74, 6) is 0.522. The molecule has 1 atom stereocenters. The van der Waals surface area contributed by atoms with E-state index in [-0.39, 0.29) is 24.8 Å². The summed E-state index contributed by atoms with van der Waals surface area (Å²) in [6.07, 6.45) is 7.65. The predicted molar refractivity (Wildman–Crippen MR) is 139 cm³/mol. The molecule has 4 aromatic carbocycles. The van der Waals surface area contributed by atoms with E-state index in [1.165, 1.54) is 51.4 Å². The molecule has 0 bridgehead atoms. The van der Waals surface area contributed by atoms with Gasteiger partial charge in [-0.25, -0.2) is 6.08 Å². The number of halogens is 3. The SMILES string of the molecule is CC1[C-]=CC(C(C)(C)C)=C1.Clc1cc[c-]cc1.[CH2]=[Zr+2].[Cl-].[Cl-].c1ccc2c(c1)[cH-]c1ccccc12. The van der Waals surface area contributed by atoms with Crippen LogP contribution in [-0.2, 0) is 24.2 Å². The third-order valence-corrected chi connectivity index (χ3v) is 5.25. The maximum Gasteiger partial charge on any atom is -0.0771 e. The molecular formula is C30H30Cl3Zr-3. The van der Waals surface area contributed by atoms with Gasteiger partial charge in [-0.15, -0.1) is 51.3 Å². The van der Waals surface area contributed by atoms with Crippen LogP contribution in [0.4, 0.5) is 0 Å². The minimum atomic E-state index is 0. The summed E-state index contributed by atoms with van der Waals surface area (Å²) in [6.45, 7) is 8.86. The van der Waals surface area contributed by atoms with E-state index in [0.717, 1.165) is 5.02 Å². The third kappa shape index (κ3) is 10.1. The Kier molecular flexibility index (Phi) is 15.7. The third-order valence-electron chi connectivity index (χ3n) is 5.00. The van der Waals surface area contributed by atoms with Gasteiger partial charge in [0.05, 0.1) is 0 Å². The van der Waals surface area contributed by atoms with E-state index >= 15 is 0 Å². The van der Waals surface area contributed by atoms with Crippen molar-refractivity contribution in [1.82, 2.24) is 0 Å². The van der Waals surface area contributed by atoms with Crippen LogP contribution in [-0.4, -0.2) is 4.21 Å². The monoisotopic (exact) mass is 585 g/mol. The summed E-state index contributed by atoms with van der Waals surface area (Å²) in [6, 6.07) is 29.3. The minimum absolute atomic E-state index is 0. The fourth-order valence-electron chi connectivity index (χ4n) is 3.32. The van der Waals surface area contributed by atoms with Crippen molar-refractivity contribution < 1.29 is 49.0 Å². The molecule has 0 amide bonds. The van der Waals surface area contributed by atoms with Crippen LogP contribution in [0.2, 0.25) is 5.02 Å². The second kappa shape index (κ2) is 16.3. The number of fused-ring (bicyclic) bond motifs is 3. The van der Waals surface area contributed by atoms with Crippen molar-refractivity contribution in [2.75, 3.05) is 0 Å². The second-order valence-corrected chi connectivity index (χ2v) is 8.95. The molecule has 4 heteroatoms. The maximum atomic E-state index is 5.52. The molecule has 0 heterocycles. The zero-order valence-electron chi connectivity index (χ0n) is 20.1. The first-order chi connectivity index (χ1) is 15.3. The van der Waals surface area contributed by atoms with Crippen LogP contribution in [0.3, 0.4) is 0 Å². The predicted octanol–water partition coefficient (Wildman–Crippen LogP) is 2.79. The molecule has 0 nitrogen and oxygen atoms in total. The molecule has 1 unspecified atom stereocenters. The molecule has 0 aliphatic heterocycles. The maximum absolute atomic E-state index is 5.52. The summed E-state index contributed by atoms with van der Waals surface area (Å²) in [5.41, 5.74) is 1.72. The van der Waals surface area contributed by atoms with Crippen molar-refractivity contribution in [3.63, 3.8) is 0 Å². The Balaban J connectivity index is 0.000000469. The van der Waals surface area contributed by atoms with E-state index in [4.69, 9.17) is 11.6 Å². The van der Waals surface area contributed by atoms with Gasteiger partial charge in [-0.2, -0.15) is 42.0 Å². The number of hydrogen-bond acceptors (Lipinski definition) is 0. The zero-order valence-corrected chi connectivity index (χ0v) is 24.8. The molecule has 0 spiro atoms. The standard InChI is InChI=1S/C13H9.C10H15.C6H4Cl.CH2.2ClH.Zr/c1-3-7-12-10(5-1)9-11-6-2-4-8-13(11)12;1-8-5-6-9(7-8)10(2,3)4;7-6-4-2-1-3-5-6;;;;/h1-9H;6-8H,1-4H3;2-5H;1H2;2*1H;/q3*-1;;;;+2/p-2. The molecule has 5 rings (SSSR count). The molecular weight excluding hydrogens is 558 g/mol. The Bertz CT molecular complexity index is 1120. The Morgan fingerprint density at radius 2 is 1.32 bits per heavy atom. The van der Waals surface area contributed by atoms with Gasteiger partial charge in [0, 0.05) is 0 Å². The Morgan fingerprint density at radius 3 is 1.65 bits per heavy atom. The van der Waals surface area contributed by atoms with Gasteiger partial charge in [0.1, 0.15) is 0 Å². The van der Waals surface area contributed by atoms with Crippen LogP contribution in [0.15, 0.2) is 96.6 Å². The first kappa shape index (κ1) is 32.6. The molecule has 0 radical (unpaired) electrons. The summed E-state index contributed by atoms with van der Waals surface area (Å²) < 4.78 is 3.34. The van der Waals surface area contributed by atoms with Crippen molar-refractivity contribution in [2.24, 2.45) is 11.3 Å². The smallest absolute Gasteiger partial charge is 0.0771 e. The average Bonchev–Trinajstić information content (AvgIpc) is 3.40. The van der Waals surface area contributed by atoms with Crippen molar-refractivity contribution in [3.05, 3.63) is 114 Å². The van der Waals surface area contributed by atoms with Gasteiger partial charge in [0.2, 0.25) is 0 Å². The summed E-state index contributed by atoms with van der Waals surface area (Å²) >= 11 is 6.82. The van der Waals surface area contributed by atoms with E-state index in [0.29, 0.717) is 11.3 Å². The van der Waals surface area contributed by atoms with Crippen LogP contribution in [0, 0.1) is 23.5 Å². The van der Waals surface area contributed by atoms with E-state index in [9.17, 15) is 0 Å². The Morgan fingerprint density at radius 1 is 0.853 bits per heavy atom. The largest absolute Gasteiger partial charge is 1.00 e. The fraction of sp³-hybridized carbons (Fsp3) is 0.200. The normalized spacial score (nSPS) is 13.6. The van der Waals surface area contributed by atoms with E-state index in [2.05, 4.69) is 111 Å². The Hall–Kier alpha value is -1.37.